The highest BCUT2D eigenvalue weighted by Crippen LogP contribution is 2.36. The first-order valence-corrected chi connectivity index (χ1v) is 10.2. The van der Waals surface area contributed by atoms with E-state index in [0.29, 0.717) is 22.3 Å². The molecule has 0 unspecified atom stereocenters. The van der Waals surface area contributed by atoms with E-state index in [1.54, 1.807) is 55.6 Å². The zero-order valence-electron chi connectivity index (χ0n) is 17.1. The number of fused-ring (bicyclic) bond motifs is 1. The Morgan fingerprint density at radius 2 is 1.53 bits per heavy atom. The van der Waals surface area contributed by atoms with Gasteiger partial charge in [-0.05, 0) is 48.5 Å². The monoisotopic (exact) mass is 469 g/mol. The zero-order valence-corrected chi connectivity index (χ0v) is 18.6. The van der Waals surface area contributed by atoms with Crippen LogP contribution in [-0.4, -0.2) is 25.9 Å². The molecule has 32 heavy (non-hydrogen) atoms. The third-order valence-corrected chi connectivity index (χ3v) is 5.42. The fraction of sp³-hybridized carbons (Fsp3) is 0.0833. The van der Waals surface area contributed by atoms with Gasteiger partial charge in [0, 0.05) is 16.5 Å². The van der Waals surface area contributed by atoms with Crippen molar-refractivity contribution in [2.75, 3.05) is 19.5 Å². The third-order valence-electron chi connectivity index (χ3n) is 4.86. The lowest BCUT2D eigenvalue weighted by Gasteiger charge is -2.10. The van der Waals surface area contributed by atoms with Gasteiger partial charge in [0.05, 0.1) is 30.0 Å². The van der Waals surface area contributed by atoms with E-state index in [-0.39, 0.29) is 38.6 Å². The van der Waals surface area contributed by atoms with Crippen molar-refractivity contribution in [3.63, 3.8) is 0 Å². The number of rotatable bonds is 6. The fourth-order valence-corrected chi connectivity index (χ4v) is 3.92. The topological polar surface area (TPSA) is 77.8 Å². The van der Waals surface area contributed by atoms with Crippen LogP contribution in [0.3, 0.4) is 0 Å². The lowest BCUT2D eigenvalue weighted by Crippen LogP contribution is -2.14. The molecular weight excluding hydrogens is 453 g/mol. The van der Waals surface area contributed by atoms with Gasteiger partial charge in [0.1, 0.15) is 11.3 Å². The normalized spacial score (nSPS) is 10.8. The molecule has 1 N–H and O–H groups in total. The Morgan fingerprint density at radius 1 is 0.875 bits per heavy atom. The summed E-state index contributed by atoms with van der Waals surface area (Å²) in [6.07, 6.45) is 0. The van der Waals surface area contributed by atoms with Gasteiger partial charge in [-0.25, -0.2) is 0 Å². The number of para-hydroxylation sites is 1. The molecule has 8 heteroatoms. The first-order chi connectivity index (χ1) is 15.4. The Hall–Kier alpha value is -3.48. The maximum absolute atomic E-state index is 13.2. The minimum atomic E-state index is -0.508. The number of furan rings is 1. The molecule has 0 spiro atoms. The van der Waals surface area contributed by atoms with Crippen LogP contribution in [0, 0.1) is 0 Å². The number of hydrogen-bond donors (Lipinski definition) is 1. The highest BCUT2D eigenvalue weighted by molar-refractivity contribution is 6.38. The Bertz CT molecular complexity index is 1310. The molecule has 1 aromatic heterocycles. The summed E-state index contributed by atoms with van der Waals surface area (Å²) in [4.78, 5) is 26.2. The van der Waals surface area contributed by atoms with Crippen molar-refractivity contribution in [3.8, 4) is 11.5 Å². The number of methoxy groups -OCH3 is 2. The van der Waals surface area contributed by atoms with Crippen molar-refractivity contribution in [1.82, 2.24) is 0 Å². The summed E-state index contributed by atoms with van der Waals surface area (Å²) in [5, 5.41) is 3.75. The number of ether oxygens (including phenoxy) is 2. The molecular formula is C24H17Cl2NO5. The molecule has 0 bridgehead atoms. The summed E-state index contributed by atoms with van der Waals surface area (Å²) in [6.45, 7) is 0. The molecule has 0 saturated heterocycles. The maximum atomic E-state index is 13.2. The van der Waals surface area contributed by atoms with Gasteiger partial charge in [-0.15, -0.1) is 0 Å². The standard InChI is InChI=1S/C24H17Cl2NO5/c1-30-15-9-7-13(8-10-15)21(28)23-20(16-5-3-4-6-19(16)32-23)27-24(29)14-11-17(25)22(31-2)18(26)12-14/h3-12H,1-2H3,(H,27,29). The predicted octanol–water partition coefficient (Wildman–Crippen LogP) is 6.24. The van der Waals surface area contributed by atoms with Gasteiger partial charge in [0.2, 0.25) is 5.78 Å². The lowest BCUT2D eigenvalue weighted by atomic mass is 10.1. The van der Waals surface area contributed by atoms with E-state index in [4.69, 9.17) is 37.1 Å². The van der Waals surface area contributed by atoms with Gasteiger partial charge in [-0.2, -0.15) is 0 Å². The van der Waals surface area contributed by atoms with Crippen LogP contribution in [0.1, 0.15) is 26.5 Å². The molecule has 0 fully saturated rings. The Labute approximate surface area is 193 Å². The van der Waals surface area contributed by atoms with Crippen LogP contribution in [0.2, 0.25) is 10.0 Å². The van der Waals surface area contributed by atoms with Crippen molar-refractivity contribution >= 4 is 51.5 Å². The zero-order chi connectivity index (χ0) is 22.8. The number of benzene rings is 3. The van der Waals surface area contributed by atoms with Gasteiger partial charge in [-0.1, -0.05) is 35.3 Å². The smallest absolute Gasteiger partial charge is 0.255 e. The van der Waals surface area contributed by atoms with E-state index >= 15 is 0 Å². The van der Waals surface area contributed by atoms with Crippen molar-refractivity contribution < 1.29 is 23.5 Å². The van der Waals surface area contributed by atoms with Gasteiger partial charge in [0.25, 0.3) is 5.91 Å². The molecule has 1 amide bonds. The number of halogens is 2. The van der Waals surface area contributed by atoms with Gasteiger partial charge >= 0.3 is 0 Å². The summed E-state index contributed by atoms with van der Waals surface area (Å²) in [7, 11) is 2.98. The average Bonchev–Trinajstić information content (AvgIpc) is 3.16. The van der Waals surface area contributed by atoms with Crippen molar-refractivity contribution in [2.45, 2.75) is 0 Å². The van der Waals surface area contributed by atoms with Crippen LogP contribution in [0.5, 0.6) is 11.5 Å². The molecule has 0 atom stereocenters. The summed E-state index contributed by atoms with van der Waals surface area (Å²) >= 11 is 12.3. The summed E-state index contributed by atoms with van der Waals surface area (Å²) in [5.74, 6) is 0.00844. The molecule has 0 saturated carbocycles. The number of hydrogen-bond acceptors (Lipinski definition) is 5. The van der Waals surface area contributed by atoms with Crippen LogP contribution in [0.15, 0.2) is 65.1 Å². The number of amides is 1. The summed E-state index contributed by atoms with van der Waals surface area (Å²) < 4.78 is 16.1. The molecule has 4 rings (SSSR count). The quantitative estimate of drug-likeness (QED) is 0.338. The highest BCUT2D eigenvalue weighted by atomic mass is 35.5. The van der Waals surface area contributed by atoms with Crippen LogP contribution in [0.4, 0.5) is 5.69 Å². The van der Waals surface area contributed by atoms with Gasteiger partial charge in [0.15, 0.2) is 11.5 Å². The van der Waals surface area contributed by atoms with Gasteiger partial charge in [-0.3, -0.25) is 9.59 Å². The second-order valence-corrected chi connectivity index (χ2v) is 7.60. The number of anilines is 1. The van der Waals surface area contributed by atoms with E-state index in [1.807, 2.05) is 0 Å². The van der Waals surface area contributed by atoms with E-state index in [0.717, 1.165) is 0 Å². The number of carbonyl (C=O) groups is 2. The van der Waals surface area contributed by atoms with E-state index in [1.165, 1.54) is 19.2 Å². The van der Waals surface area contributed by atoms with Crippen LogP contribution >= 0.6 is 23.2 Å². The minimum absolute atomic E-state index is 0.00965. The molecule has 0 aliphatic heterocycles. The minimum Gasteiger partial charge on any atom is -0.497 e. The Morgan fingerprint density at radius 3 is 2.16 bits per heavy atom. The lowest BCUT2D eigenvalue weighted by molar-refractivity contribution is 0.101. The Kier molecular flexibility index (Phi) is 6.08. The van der Waals surface area contributed by atoms with Crippen LogP contribution < -0.4 is 14.8 Å². The second kappa shape index (κ2) is 8.94. The third kappa shape index (κ3) is 4.02. The average molecular weight is 470 g/mol. The molecule has 3 aromatic carbocycles. The Balaban J connectivity index is 1.75. The molecule has 0 radical (unpaired) electrons. The predicted molar refractivity (Wildman–Crippen MR) is 124 cm³/mol. The summed E-state index contributed by atoms with van der Waals surface area (Å²) in [6, 6.07) is 16.5. The summed E-state index contributed by atoms with van der Waals surface area (Å²) in [5.41, 5.74) is 1.31. The number of ketones is 1. The molecule has 1 heterocycles. The number of carbonyl (C=O) groups excluding carboxylic acids is 2. The van der Waals surface area contributed by atoms with Crippen molar-refractivity contribution in [1.29, 1.82) is 0 Å². The van der Waals surface area contributed by atoms with E-state index in [2.05, 4.69) is 5.32 Å². The molecule has 162 valence electrons. The molecule has 4 aromatic rings. The van der Waals surface area contributed by atoms with E-state index in [9.17, 15) is 9.59 Å². The SMILES string of the molecule is COc1ccc(C(=O)c2oc3ccccc3c2NC(=O)c2cc(Cl)c(OC)c(Cl)c2)cc1. The molecule has 0 aliphatic rings. The first-order valence-electron chi connectivity index (χ1n) is 9.47. The first kappa shape index (κ1) is 21.7. The highest BCUT2D eigenvalue weighted by Gasteiger charge is 2.24. The van der Waals surface area contributed by atoms with E-state index < -0.39 is 5.91 Å². The molecule has 0 aliphatic carbocycles. The van der Waals surface area contributed by atoms with Crippen LogP contribution in [0.25, 0.3) is 11.0 Å². The fourth-order valence-electron chi connectivity index (χ4n) is 3.27. The maximum Gasteiger partial charge on any atom is 0.255 e. The second-order valence-electron chi connectivity index (χ2n) is 6.79. The van der Waals surface area contributed by atoms with Crippen molar-refractivity contribution in [3.05, 3.63) is 87.6 Å². The van der Waals surface area contributed by atoms with Crippen LogP contribution in [-0.2, 0) is 0 Å². The largest absolute Gasteiger partial charge is 0.497 e. The molecule has 6 nitrogen and oxygen atoms in total. The number of nitrogens with one attached hydrogen (secondary N) is 1. The van der Waals surface area contributed by atoms with Crippen molar-refractivity contribution in [2.24, 2.45) is 0 Å². The van der Waals surface area contributed by atoms with Gasteiger partial charge < -0.3 is 19.2 Å².